The van der Waals surface area contributed by atoms with Crippen molar-refractivity contribution in [3.8, 4) is 11.5 Å². The Kier molecular flexibility index (Phi) is 4.82. The highest BCUT2D eigenvalue weighted by molar-refractivity contribution is 6.31. The van der Waals surface area contributed by atoms with Gasteiger partial charge in [0.15, 0.2) is 5.75 Å². The molecule has 0 bridgehead atoms. The van der Waals surface area contributed by atoms with Crippen molar-refractivity contribution in [1.82, 2.24) is 9.78 Å². The Morgan fingerprint density at radius 1 is 1.37 bits per heavy atom. The molecule has 5 heteroatoms. The van der Waals surface area contributed by atoms with E-state index in [4.69, 9.17) is 22.1 Å². The van der Waals surface area contributed by atoms with Gasteiger partial charge in [-0.1, -0.05) is 24.6 Å². The fourth-order valence-electron chi connectivity index (χ4n) is 1.83. The maximum Gasteiger partial charge on any atom is 0.165 e. The summed E-state index contributed by atoms with van der Waals surface area (Å²) in [6, 6.07) is 5.65. The molecule has 0 aliphatic carbocycles. The Morgan fingerprint density at radius 3 is 2.89 bits per heavy atom. The lowest BCUT2D eigenvalue weighted by Crippen LogP contribution is -2.03. The minimum atomic E-state index is 0.587. The number of aryl methyl sites for hydroxylation is 1. The van der Waals surface area contributed by atoms with Gasteiger partial charge in [-0.25, -0.2) is 0 Å². The van der Waals surface area contributed by atoms with Crippen LogP contribution in [0, 0.1) is 0 Å². The molecule has 0 unspecified atom stereocenters. The van der Waals surface area contributed by atoms with Crippen LogP contribution in [0.1, 0.15) is 18.9 Å². The molecule has 0 spiro atoms. The second kappa shape index (κ2) is 6.59. The van der Waals surface area contributed by atoms with E-state index in [2.05, 4.69) is 12.0 Å². The summed E-state index contributed by atoms with van der Waals surface area (Å²) >= 11 is 6.17. The Balaban J connectivity index is 2.07. The summed E-state index contributed by atoms with van der Waals surface area (Å²) < 4.78 is 7.58. The fourth-order valence-corrected chi connectivity index (χ4v) is 2.10. The van der Waals surface area contributed by atoms with Gasteiger partial charge in [0.1, 0.15) is 5.75 Å². The number of halogens is 1. The van der Waals surface area contributed by atoms with Crippen molar-refractivity contribution in [3.63, 3.8) is 0 Å². The standard InChI is InChI=1S/C14H18ClN3O/c1-2-7-18-10-13(9-17-18)19-12-4-3-11(5-6-16)14(15)8-12/h3-4,8-10H,2,5-7,16H2,1H3. The predicted octanol–water partition coefficient (Wildman–Crippen LogP) is 3.24. The quantitative estimate of drug-likeness (QED) is 0.883. The third-order valence-corrected chi connectivity index (χ3v) is 3.09. The van der Waals surface area contributed by atoms with Gasteiger partial charge >= 0.3 is 0 Å². The van der Waals surface area contributed by atoms with Gasteiger partial charge in [-0.15, -0.1) is 0 Å². The average Bonchev–Trinajstić information content (AvgIpc) is 2.81. The summed E-state index contributed by atoms with van der Waals surface area (Å²) in [5, 5.41) is 4.90. The van der Waals surface area contributed by atoms with Crippen LogP contribution in [0.3, 0.4) is 0 Å². The second-order valence-corrected chi connectivity index (χ2v) is 4.74. The molecule has 2 N–H and O–H groups in total. The molecule has 2 rings (SSSR count). The Hall–Kier alpha value is -1.52. The number of hydrogen-bond donors (Lipinski definition) is 1. The van der Waals surface area contributed by atoms with Crippen LogP contribution < -0.4 is 10.5 Å². The van der Waals surface area contributed by atoms with Crippen molar-refractivity contribution in [3.05, 3.63) is 41.2 Å². The molecule has 0 atom stereocenters. The van der Waals surface area contributed by atoms with Crippen LogP contribution >= 0.6 is 11.6 Å². The predicted molar refractivity (Wildman–Crippen MR) is 76.8 cm³/mol. The van der Waals surface area contributed by atoms with E-state index >= 15 is 0 Å². The molecule has 0 amide bonds. The largest absolute Gasteiger partial charge is 0.454 e. The van der Waals surface area contributed by atoms with E-state index in [1.807, 2.05) is 29.1 Å². The van der Waals surface area contributed by atoms with E-state index in [9.17, 15) is 0 Å². The van der Waals surface area contributed by atoms with Crippen LogP contribution in [0.5, 0.6) is 11.5 Å². The van der Waals surface area contributed by atoms with E-state index in [1.54, 1.807) is 6.20 Å². The number of benzene rings is 1. The zero-order chi connectivity index (χ0) is 13.7. The molecule has 19 heavy (non-hydrogen) atoms. The summed E-state index contributed by atoms with van der Waals surface area (Å²) in [7, 11) is 0. The summed E-state index contributed by atoms with van der Waals surface area (Å²) in [5.41, 5.74) is 6.56. The van der Waals surface area contributed by atoms with Crippen LogP contribution in [0.2, 0.25) is 5.02 Å². The number of hydrogen-bond acceptors (Lipinski definition) is 3. The van der Waals surface area contributed by atoms with Crippen LogP contribution in [0.4, 0.5) is 0 Å². The third-order valence-electron chi connectivity index (χ3n) is 2.74. The van der Waals surface area contributed by atoms with Gasteiger partial charge in [-0.2, -0.15) is 5.10 Å². The molecule has 0 fully saturated rings. The van der Waals surface area contributed by atoms with E-state index < -0.39 is 0 Å². The van der Waals surface area contributed by atoms with Crippen molar-refractivity contribution in [2.75, 3.05) is 6.54 Å². The Bertz CT molecular complexity index is 539. The Morgan fingerprint density at radius 2 is 2.21 bits per heavy atom. The molecule has 0 aliphatic heterocycles. The highest BCUT2D eigenvalue weighted by Gasteiger charge is 2.05. The minimum absolute atomic E-state index is 0.587. The molecule has 1 heterocycles. The first-order valence-electron chi connectivity index (χ1n) is 6.41. The van der Waals surface area contributed by atoms with Crippen LogP contribution in [-0.4, -0.2) is 16.3 Å². The van der Waals surface area contributed by atoms with Crippen molar-refractivity contribution < 1.29 is 4.74 Å². The highest BCUT2D eigenvalue weighted by atomic mass is 35.5. The summed E-state index contributed by atoms with van der Waals surface area (Å²) in [6.07, 6.45) is 5.40. The number of rotatable bonds is 6. The number of nitrogens with two attached hydrogens (primary N) is 1. The van der Waals surface area contributed by atoms with Crippen molar-refractivity contribution in [2.45, 2.75) is 26.3 Å². The Labute approximate surface area is 118 Å². The van der Waals surface area contributed by atoms with Gasteiger partial charge < -0.3 is 10.5 Å². The first kappa shape index (κ1) is 13.9. The molecule has 0 saturated carbocycles. The lowest BCUT2D eigenvalue weighted by molar-refractivity contribution is 0.480. The lowest BCUT2D eigenvalue weighted by Gasteiger charge is -2.06. The molecule has 4 nitrogen and oxygen atoms in total. The number of nitrogens with zero attached hydrogens (tertiary/aromatic N) is 2. The molecule has 2 aromatic rings. The molecule has 0 aliphatic rings. The molecular formula is C14H18ClN3O. The molecular weight excluding hydrogens is 262 g/mol. The van der Waals surface area contributed by atoms with E-state index in [-0.39, 0.29) is 0 Å². The average molecular weight is 280 g/mol. The summed E-state index contributed by atoms with van der Waals surface area (Å²) in [4.78, 5) is 0. The third kappa shape index (κ3) is 3.72. The summed E-state index contributed by atoms with van der Waals surface area (Å²) in [6.45, 7) is 3.58. The fraction of sp³-hybridized carbons (Fsp3) is 0.357. The smallest absolute Gasteiger partial charge is 0.165 e. The van der Waals surface area contributed by atoms with Gasteiger partial charge in [0, 0.05) is 11.6 Å². The highest BCUT2D eigenvalue weighted by Crippen LogP contribution is 2.26. The van der Waals surface area contributed by atoms with Crippen LogP contribution in [-0.2, 0) is 13.0 Å². The molecule has 1 aromatic carbocycles. The zero-order valence-corrected chi connectivity index (χ0v) is 11.7. The van der Waals surface area contributed by atoms with Gasteiger partial charge in [0.05, 0.1) is 12.4 Å². The molecule has 0 radical (unpaired) electrons. The maximum atomic E-state index is 6.17. The monoisotopic (exact) mass is 279 g/mol. The van der Waals surface area contributed by atoms with E-state index in [1.165, 1.54) is 0 Å². The first-order chi connectivity index (χ1) is 9.22. The molecule has 0 saturated heterocycles. The van der Waals surface area contributed by atoms with Gasteiger partial charge in [-0.05, 0) is 37.1 Å². The van der Waals surface area contributed by atoms with Crippen molar-refractivity contribution in [1.29, 1.82) is 0 Å². The molecule has 1 aromatic heterocycles. The van der Waals surface area contributed by atoms with Crippen LogP contribution in [0.25, 0.3) is 0 Å². The van der Waals surface area contributed by atoms with E-state index in [0.717, 1.165) is 30.7 Å². The normalized spacial score (nSPS) is 10.7. The number of aromatic nitrogens is 2. The zero-order valence-electron chi connectivity index (χ0n) is 11.0. The van der Waals surface area contributed by atoms with Gasteiger partial charge in [0.2, 0.25) is 0 Å². The van der Waals surface area contributed by atoms with Crippen molar-refractivity contribution >= 4 is 11.6 Å². The van der Waals surface area contributed by atoms with Crippen molar-refractivity contribution in [2.24, 2.45) is 5.73 Å². The van der Waals surface area contributed by atoms with Gasteiger partial charge in [-0.3, -0.25) is 4.68 Å². The second-order valence-electron chi connectivity index (χ2n) is 4.33. The minimum Gasteiger partial charge on any atom is -0.454 e. The van der Waals surface area contributed by atoms with Gasteiger partial charge in [0.25, 0.3) is 0 Å². The molecule has 102 valence electrons. The maximum absolute atomic E-state index is 6.17. The number of ether oxygens (including phenoxy) is 1. The van der Waals surface area contributed by atoms with Crippen LogP contribution in [0.15, 0.2) is 30.6 Å². The first-order valence-corrected chi connectivity index (χ1v) is 6.79. The lowest BCUT2D eigenvalue weighted by atomic mass is 10.1. The SMILES string of the molecule is CCCn1cc(Oc2ccc(CCN)c(Cl)c2)cn1. The van der Waals surface area contributed by atoms with E-state index in [0.29, 0.717) is 17.3 Å². The summed E-state index contributed by atoms with van der Waals surface area (Å²) in [5.74, 6) is 1.43. The topological polar surface area (TPSA) is 53.1 Å².